The average molecular weight is 477 g/mol. The predicted octanol–water partition coefficient (Wildman–Crippen LogP) is 2.74. The van der Waals surface area contributed by atoms with Crippen molar-refractivity contribution in [2.45, 2.75) is 26.5 Å². The largest absolute Gasteiger partial charge is 0.487 e. The number of nitrogens with one attached hydrogen (secondary N) is 2. The monoisotopic (exact) mass is 477 g/mol. The van der Waals surface area contributed by atoms with Gasteiger partial charge in [-0.25, -0.2) is 19.1 Å². The normalized spacial score (nSPS) is 15.3. The van der Waals surface area contributed by atoms with E-state index < -0.39 is 24.0 Å². The lowest BCUT2D eigenvalue weighted by Crippen LogP contribution is -2.45. The van der Waals surface area contributed by atoms with Gasteiger partial charge in [0.2, 0.25) is 0 Å². The quantitative estimate of drug-likeness (QED) is 0.420. The fraction of sp³-hybridized carbons (Fsp3) is 0.208. The van der Waals surface area contributed by atoms with E-state index in [1.54, 1.807) is 56.4 Å². The summed E-state index contributed by atoms with van der Waals surface area (Å²) in [6, 6.07) is 12.2. The fourth-order valence-corrected chi connectivity index (χ4v) is 3.58. The molecule has 1 aliphatic rings. The first kappa shape index (κ1) is 23.5. The molecule has 1 aromatic heterocycles. The molecule has 4 rings (SSSR count). The lowest BCUT2D eigenvalue weighted by Gasteiger charge is -2.28. The van der Waals surface area contributed by atoms with Gasteiger partial charge in [0.15, 0.2) is 0 Å². The number of nitrogens with zero attached hydrogens (tertiary/aromatic N) is 3. The second kappa shape index (κ2) is 10.1. The standard InChI is InChI=1S/C24H23N5O6/c1-3-34-23(32)20-14(2)25-24(33)26-21(20)15-6-10-19(11-7-15)35-13-17-12-29(28-27-17)18-8-4-16(5-9-18)22(30)31/h4-12,21H,3,13H2,1-2H3,(H,30,31)(H2,25,26,33). The van der Waals surface area contributed by atoms with Gasteiger partial charge in [-0.2, -0.15) is 0 Å². The number of rotatable bonds is 8. The van der Waals surface area contributed by atoms with Crippen LogP contribution in [0.4, 0.5) is 4.79 Å². The van der Waals surface area contributed by atoms with Crippen molar-refractivity contribution in [1.82, 2.24) is 25.6 Å². The SMILES string of the molecule is CCOC(=O)C1=C(C)NC(=O)NC1c1ccc(OCc2cn(-c3ccc(C(=O)O)cc3)nn2)cc1. The summed E-state index contributed by atoms with van der Waals surface area (Å²) in [7, 11) is 0. The maximum Gasteiger partial charge on any atom is 0.338 e. The van der Waals surface area contributed by atoms with E-state index in [0.29, 0.717) is 34.0 Å². The summed E-state index contributed by atoms with van der Waals surface area (Å²) in [4.78, 5) is 35.4. The molecule has 1 unspecified atom stereocenters. The number of urea groups is 1. The smallest absolute Gasteiger partial charge is 0.338 e. The zero-order chi connectivity index (χ0) is 24.9. The molecule has 11 heteroatoms. The minimum Gasteiger partial charge on any atom is -0.487 e. The second-order valence-corrected chi connectivity index (χ2v) is 7.65. The van der Waals surface area contributed by atoms with E-state index >= 15 is 0 Å². The average Bonchev–Trinajstić information content (AvgIpc) is 3.32. The maximum absolute atomic E-state index is 12.4. The summed E-state index contributed by atoms with van der Waals surface area (Å²) >= 11 is 0. The summed E-state index contributed by atoms with van der Waals surface area (Å²) in [6.07, 6.45) is 1.69. The highest BCUT2D eigenvalue weighted by Crippen LogP contribution is 2.29. The molecule has 180 valence electrons. The van der Waals surface area contributed by atoms with Crippen LogP contribution in [0.3, 0.4) is 0 Å². The lowest BCUT2D eigenvalue weighted by atomic mass is 9.95. The Hall–Kier alpha value is -4.67. The molecule has 11 nitrogen and oxygen atoms in total. The molecule has 1 atom stereocenters. The van der Waals surface area contributed by atoms with Crippen molar-refractivity contribution in [3.63, 3.8) is 0 Å². The molecule has 2 heterocycles. The molecule has 0 saturated heterocycles. The highest BCUT2D eigenvalue weighted by molar-refractivity contribution is 5.95. The summed E-state index contributed by atoms with van der Waals surface area (Å²) in [5.74, 6) is -0.933. The van der Waals surface area contributed by atoms with Crippen molar-refractivity contribution in [3.05, 3.63) is 82.8 Å². The molecule has 0 fully saturated rings. The highest BCUT2D eigenvalue weighted by Gasteiger charge is 2.32. The van der Waals surface area contributed by atoms with Crippen molar-refractivity contribution in [2.24, 2.45) is 0 Å². The van der Waals surface area contributed by atoms with E-state index in [2.05, 4.69) is 20.9 Å². The van der Waals surface area contributed by atoms with Crippen molar-refractivity contribution >= 4 is 18.0 Å². The van der Waals surface area contributed by atoms with Crippen LogP contribution in [-0.2, 0) is 16.1 Å². The summed E-state index contributed by atoms with van der Waals surface area (Å²) < 4.78 is 12.5. The molecule has 1 aliphatic heterocycles. The van der Waals surface area contributed by atoms with Gasteiger partial charge in [0, 0.05) is 5.70 Å². The number of carbonyl (C=O) groups is 3. The topological polar surface area (TPSA) is 145 Å². The molecule has 0 radical (unpaired) electrons. The first-order chi connectivity index (χ1) is 16.9. The van der Waals surface area contributed by atoms with Crippen molar-refractivity contribution < 1.29 is 29.0 Å². The molecule has 35 heavy (non-hydrogen) atoms. The highest BCUT2D eigenvalue weighted by atomic mass is 16.5. The van der Waals surface area contributed by atoms with Gasteiger partial charge >= 0.3 is 18.0 Å². The minimum atomic E-state index is -0.999. The Morgan fingerprint density at radius 3 is 2.49 bits per heavy atom. The number of aromatic carboxylic acids is 1. The minimum absolute atomic E-state index is 0.156. The molecule has 0 saturated carbocycles. The number of carboxylic acids is 1. The number of aromatic nitrogens is 3. The van der Waals surface area contributed by atoms with E-state index in [1.807, 2.05) is 0 Å². The van der Waals surface area contributed by atoms with Crippen molar-refractivity contribution in [1.29, 1.82) is 0 Å². The van der Waals surface area contributed by atoms with Crippen LogP contribution in [0.25, 0.3) is 5.69 Å². The molecule has 0 aliphatic carbocycles. The number of esters is 1. The molecule has 2 aromatic carbocycles. The third-order valence-electron chi connectivity index (χ3n) is 5.28. The number of benzene rings is 2. The molecule has 2 amide bonds. The van der Waals surface area contributed by atoms with Gasteiger partial charge in [-0.15, -0.1) is 5.10 Å². The van der Waals surface area contributed by atoms with Crippen LogP contribution in [0.5, 0.6) is 5.75 Å². The first-order valence-corrected chi connectivity index (χ1v) is 10.8. The molecular weight excluding hydrogens is 454 g/mol. The third-order valence-corrected chi connectivity index (χ3v) is 5.28. The maximum atomic E-state index is 12.4. The van der Waals surface area contributed by atoms with Gasteiger partial charge in [-0.1, -0.05) is 17.3 Å². The number of hydrogen-bond donors (Lipinski definition) is 3. The van der Waals surface area contributed by atoms with E-state index in [1.165, 1.54) is 16.8 Å². The van der Waals surface area contributed by atoms with Crippen LogP contribution in [0.15, 0.2) is 66.0 Å². The van der Waals surface area contributed by atoms with Crippen LogP contribution in [0.1, 0.15) is 41.5 Å². The van der Waals surface area contributed by atoms with Crippen molar-refractivity contribution in [3.8, 4) is 11.4 Å². The van der Waals surface area contributed by atoms with Gasteiger partial charge in [0.25, 0.3) is 0 Å². The number of ether oxygens (including phenoxy) is 2. The summed E-state index contributed by atoms with van der Waals surface area (Å²) in [5, 5.41) is 22.5. The van der Waals surface area contributed by atoms with Crippen LogP contribution in [-0.4, -0.2) is 44.7 Å². The number of carbonyl (C=O) groups excluding carboxylic acids is 2. The molecule has 0 spiro atoms. The van der Waals surface area contributed by atoms with Crippen LogP contribution in [0, 0.1) is 0 Å². The zero-order valence-electron chi connectivity index (χ0n) is 19.0. The summed E-state index contributed by atoms with van der Waals surface area (Å²) in [5.41, 5.74) is 2.91. The fourth-order valence-electron chi connectivity index (χ4n) is 3.58. The number of amides is 2. The van der Waals surface area contributed by atoms with E-state index in [9.17, 15) is 14.4 Å². The summed E-state index contributed by atoms with van der Waals surface area (Å²) in [6.45, 7) is 3.76. The Balaban J connectivity index is 1.43. The molecule has 3 aromatic rings. The Labute approximate surface area is 200 Å². The third kappa shape index (κ3) is 5.29. The molecular formula is C24H23N5O6. The second-order valence-electron chi connectivity index (χ2n) is 7.65. The van der Waals surface area contributed by atoms with Crippen molar-refractivity contribution in [2.75, 3.05) is 6.61 Å². The van der Waals surface area contributed by atoms with Crippen LogP contribution >= 0.6 is 0 Å². The first-order valence-electron chi connectivity index (χ1n) is 10.8. The van der Waals surface area contributed by atoms with E-state index in [4.69, 9.17) is 14.6 Å². The Kier molecular flexibility index (Phi) is 6.76. The Morgan fingerprint density at radius 1 is 1.11 bits per heavy atom. The zero-order valence-corrected chi connectivity index (χ0v) is 19.0. The van der Waals surface area contributed by atoms with Gasteiger partial charge in [-0.05, 0) is 55.8 Å². The molecule has 3 N–H and O–H groups in total. The van der Waals surface area contributed by atoms with Crippen LogP contribution in [0.2, 0.25) is 0 Å². The van der Waals surface area contributed by atoms with E-state index in [0.717, 1.165) is 0 Å². The van der Waals surface area contributed by atoms with Crippen LogP contribution < -0.4 is 15.4 Å². The number of carboxylic acid groups (broad SMARTS) is 1. The Morgan fingerprint density at radius 2 is 1.83 bits per heavy atom. The predicted molar refractivity (Wildman–Crippen MR) is 123 cm³/mol. The van der Waals surface area contributed by atoms with Gasteiger partial charge in [0.05, 0.1) is 35.7 Å². The lowest BCUT2D eigenvalue weighted by molar-refractivity contribution is -0.139. The number of hydrogen-bond acceptors (Lipinski definition) is 7. The molecule has 0 bridgehead atoms. The number of allylic oxidation sites excluding steroid dienone is 1. The van der Waals surface area contributed by atoms with Gasteiger partial charge in [-0.3, -0.25) is 0 Å². The van der Waals surface area contributed by atoms with Gasteiger partial charge in [0.1, 0.15) is 18.1 Å². The van der Waals surface area contributed by atoms with E-state index in [-0.39, 0.29) is 18.8 Å². The van der Waals surface area contributed by atoms with Gasteiger partial charge < -0.3 is 25.2 Å². The Bertz CT molecular complexity index is 1280.